The van der Waals surface area contributed by atoms with Gasteiger partial charge in [-0.25, -0.2) is 0 Å². The molecule has 0 bridgehead atoms. The minimum atomic E-state index is -4.44. The van der Waals surface area contributed by atoms with E-state index in [4.69, 9.17) is 4.74 Å². The fourth-order valence-corrected chi connectivity index (χ4v) is 5.87. The molecule has 1 aromatic heterocycles. The van der Waals surface area contributed by atoms with Crippen LogP contribution in [0.2, 0.25) is 0 Å². The normalized spacial score (nSPS) is 19.5. The number of H-pyrrole nitrogens is 1. The predicted octanol–water partition coefficient (Wildman–Crippen LogP) is 5.52. The van der Waals surface area contributed by atoms with Gasteiger partial charge < -0.3 is 19.9 Å². The van der Waals surface area contributed by atoms with Crippen LogP contribution in [0.25, 0.3) is 10.9 Å². The van der Waals surface area contributed by atoms with E-state index in [-0.39, 0.29) is 48.5 Å². The van der Waals surface area contributed by atoms with Gasteiger partial charge in [0.15, 0.2) is 0 Å². The number of hydrogen-bond donors (Lipinski definition) is 3. The molecule has 0 spiro atoms. The van der Waals surface area contributed by atoms with E-state index in [1.54, 1.807) is 30.3 Å². The van der Waals surface area contributed by atoms with Gasteiger partial charge in [-0.15, -0.1) is 0 Å². The fourth-order valence-electron chi connectivity index (χ4n) is 5.87. The first-order valence-electron chi connectivity index (χ1n) is 12.0. The van der Waals surface area contributed by atoms with Crippen LogP contribution in [0.1, 0.15) is 72.4 Å². The van der Waals surface area contributed by atoms with Gasteiger partial charge in [0.25, 0.3) is 0 Å². The van der Waals surface area contributed by atoms with E-state index >= 15 is 0 Å². The van der Waals surface area contributed by atoms with E-state index in [0.717, 1.165) is 36.6 Å². The van der Waals surface area contributed by atoms with Gasteiger partial charge in [0.05, 0.1) is 12.0 Å². The van der Waals surface area contributed by atoms with Crippen molar-refractivity contribution < 1.29 is 37.7 Å². The second-order valence-electron chi connectivity index (χ2n) is 9.83. The zero-order valence-electron chi connectivity index (χ0n) is 19.5. The summed E-state index contributed by atoms with van der Waals surface area (Å²) < 4.78 is 47.2. The molecule has 0 amide bonds. The Kier molecular flexibility index (Phi) is 7.70. The van der Waals surface area contributed by atoms with Crippen molar-refractivity contribution in [3.63, 3.8) is 0 Å². The summed E-state index contributed by atoms with van der Waals surface area (Å²) in [5.74, 6) is -2.00. The molecule has 3 N–H and O–H groups in total. The Balaban J connectivity index is 0.00000320. The average molecular weight is 525 g/mol. The first-order chi connectivity index (χ1) is 17.1. The number of alkyl halides is 3. The Hall–Kier alpha value is -2.49. The molecule has 6 nitrogen and oxygen atoms in total. The van der Waals surface area contributed by atoms with Crippen molar-refractivity contribution >= 4 is 52.4 Å². The third-order valence-corrected chi connectivity index (χ3v) is 7.64. The van der Waals surface area contributed by atoms with Crippen LogP contribution >= 0.6 is 0 Å². The first-order valence-corrected chi connectivity index (χ1v) is 12.0. The van der Waals surface area contributed by atoms with Gasteiger partial charge in [0.2, 0.25) is 0 Å². The summed E-state index contributed by atoms with van der Waals surface area (Å²) >= 11 is 0. The predicted molar refractivity (Wildman–Crippen MR) is 132 cm³/mol. The van der Waals surface area contributed by atoms with Crippen LogP contribution in [-0.2, 0) is 34.2 Å². The number of rotatable bonds is 7. The Morgan fingerprint density at radius 1 is 1.08 bits per heavy atom. The van der Waals surface area contributed by atoms with E-state index in [2.05, 4.69) is 4.98 Å². The molecule has 1 atom stereocenters. The number of carbonyl (C=O) groups is 2. The van der Waals surface area contributed by atoms with Crippen molar-refractivity contribution in [1.82, 2.24) is 4.98 Å². The standard InChI is InChI=1S/C27H26F3NO5.Na.H/c28-27(29,30)21-11-15(5-7-18(21)16-3-1-2-4-16)14-36-17-6-8-22-20(12-17)19-9-10-26(25(34)35,13-23(32)33)24(19)31-22;;/h5-8,11-12,16,31H,1-4,9-10,13-14H2,(H,32,33)(H,34,35);;. The number of aromatic amines is 1. The molecule has 1 heterocycles. The number of benzene rings is 2. The van der Waals surface area contributed by atoms with Gasteiger partial charge in [0, 0.05) is 16.6 Å². The van der Waals surface area contributed by atoms with Crippen LogP contribution in [0.4, 0.5) is 13.2 Å². The number of fused-ring (bicyclic) bond motifs is 3. The van der Waals surface area contributed by atoms with Crippen molar-refractivity contribution in [2.45, 2.75) is 69.1 Å². The molecule has 5 rings (SSSR count). The van der Waals surface area contributed by atoms with Crippen LogP contribution in [0.15, 0.2) is 36.4 Å². The molecule has 0 saturated heterocycles. The summed E-state index contributed by atoms with van der Waals surface area (Å²) in [5.41, 5.74) is 0.435. The molecule has 10 heteroatoms. The topological polar surface area (TPSA) is 99.6 Å². The molecule has 2 aromatic carbocycles. The van der Waals surface area contributed by atoms with E-state index < -0.39 is 35.5 Å². The zero-order valence-corrected chi connectivity index (χ0v) is 19.5. The van der Waals surface area contributed by atoms with Crippen molar-refractivity contribution in [2.24, 2.45) is 0 Å². The van der Waals surface area contributed by atoms with Gasteiger partial charge in [-0.2, -0.15) is 13.2 Å². The number of ether oxygens (including phenoxy) is 1. The van der Waals surface area contributed by atoms with Crippen molar-refractivity contribution in [2.75, 3.05) is 0 Å². The van der Waals surface area contributed by atoms with E-state index in [1.165, 1.54) is 6.07 Å². The molecule has 37 heavy (non-hydrogen) atoms. The molecule has 0 aliphatic heterocycles. The molecule has 3 aromatic rings. The number of aryl methyl sites for hydroxylation is 1. The number of hydrogen-bond acceptors (Lipinski definition) is 3. The monoisotopic (exact) mass is 525 g/mol. The maximum atomic E-state index is 13.8. The van der Waals surface area contributed by atoms with Gasteiger partial charge in [-0.1, -0.05) is 25.0 Å². The van der Waals surface area contributed by atoms with Crippen molar-refractivity contribution in [1.29, 1.82) is 0 Å². The number of nitrogens with one attached hydrogen (secondary N) is 1. The number of aliphatic carboxylic acids is 2. The Bertz CT molecular complexity index is 1350. The quantitative estimate of drug-likeness (QED) is 0.353. The number of carboxylic acid groups (broad SMARTS) is 2. The van der Waals surface area contributed by atoms with Crippen LogP contribution in [-0.4, -0.2) is 56.7 Å². The van der Waals surface area contributed by atoms with Crippen LogP contribution in [0, 0.1) is 0 Å². The molecular formula is C27H27F3NNaO5. The van der Waals surface area contributed by atoms with Crippen LogP contribution in [0.3, 0.4) is 0 Å². The average Bonchev–Trinajstić information content (AvgIpc) is 3.54. The maximum absolute atomic E-state index is 13.8. The Morgan fingerprint density at radius 2 is 1.81 bits per heavy atom. The van der Waals surface area contributed by atoms with E-state index in [1.807, 2.05) is 0 Å². The third kappa shape index (κ3) is 5.13. The van der Waals surface area contributed by atoms with Gasteiger partial charge >= 0.3 is 47.7 Å². The van der Waals surface area contributed by atoms with E-state index in [9.17, 15) is 33.0 Å². The minimum absolute atomic E-state index is 0. The number of carboxylic acids is 2. The van der Waals surface area contributed by atoms with Gasteiger partial charge in [-0.05, 0) is 72.6 Å². The molecule has 1 saturated carbocycles. The summed E-state index contributed by atoms with van der Waals surface area (Å²) in [6.07, 6.45) is -0.954. The number of halogens is 3. The fraction of sp³-hybridized carbons (Fsp3) is 0.407. The van der Waals surface area contributed by atoms with Crippen molar-refractivity contribution in [3.8, 4) is 5.75 Å². The summed E-state index contributed by atoms with van der Waals surface area (Å²) in [6, 6.07) is 9.52. The molecule has 2 aliphatic rings. The van der Waals surface area contributed by atoms with Crippen molar-refractivity contribution in [3.05, 3.63) is 64.3 Å². The Morgan fingerprint density at radius 3 is 2.46 bits per heavy atom. The van der Waals surface area contributed by atoms with E-state index in [0.29, 0.717) is 34.5 Å². The van der Waals surface area contributed by atoms with Gasteiger partial charge in [-0.3, -0.25) is 9.59 Å². The van der Waals surface area contributed by atoms with Crippen LogP contribution < -0.4 is 4.74 Å². The first kappa shape index (κ1) is 27.5. The third-order valence-electron chi connectivity index (χ3n) is 7.64. The second-order valence-corrected chi connectivity index (χ2v) is 9.83. The molecule has 1 unspecified atom stereocenters. The SMILES string of the molecule is O=C(O)CC1(C(=O)O)CCc2c1[nH]c1ccc(OCc3ccc(C4CCCC4)c(C(F)(F)F)c3)cc21.[NaH]. The summed E-state index contributed by atoms with van der Waals surface area (Å²) in [5, 5.41) is 19.8. The molecule has 192 valence electrons. The summed E-state index contributed by atoms with van der Waals surface area (Å²) in [6.45, 7) is -0.0514. The molecule has 1 fully saturated rings. The molecular weight excluding hydrogens is 498 g/mol. The van der Waals surface area contributed by atoms with Gasteiger partial charge in [0.1, 0.15) is 17.8 Å². The van der Waals surface area contributed by atoms with Crippen LogP contribution in [0.5, 0.6) is 5.75 Å². The summed E-state index contributed by atoms with van der Waals surface area (Å²) in [4.78, 5) is 26.5. The molecule has 2 aliphatic carbocycles. The number of aromatic nitrogens is 1. The Labute approximate surface area is 233 Å². The molecule has 0 radical (unpaired) electrons. The zero-order chi connectivity index (χ0) is 25.7. The summed E-state index contributed by atoms with van der Waals surface area (Å²) in [7, 11) is 0. The second kappa shape index (κ2) is 10.3.